The van der Waals surface area contributed by atoms with Gasteiger partial charge in [-0.2, -0.15) is 0 Å². The maximum atomic E-state index is 12.1. The van der Waals surface area contributed by atoms with Gasteiger partial charge >= 0.3 is 0 Å². The second-order valence-corrected chi connectivity index (χ2v) is 8.25. The van der Waals surface area contributed by atoms with Crippen LogP contribution in [-0.2, 0) is 27.2 Å². The Morgan fingerprint density at radius 2 is 2.22 bits per heavy atom. The molecule has 3 heterocycles. The molecule has 23 heavy (non-hydrogen) atoms. The first-order chi connectivity index (χ1) is 11.1. The van der Waals surface area contributed by atoms with Gasteiger partial charge in [0.25, 0.3) is 0 Å². The Hall–Kier alpha value is -1.31. The topological polar surface area (TPSA) is 64.4 Å². The molecular weight excluding hydrogens is 338 g/mol. The number of fused-ring (bicyclic) bond motifs is 1. The van der Waals surface area contributed by atoms with E-state index < -0.39 is 10.0 Å². The number of hydrogen-bond acceptors (Lipinski definition) is 4. The average molecular weight is 356 g/mol. The minimum absolute atomic E-state index is 0.214. The fourth-order valence-electron chi connectivity index (χ4n) is 3.19. The number of rotatable bonds is 4. The Balaban J connectivity index is 1.74. The largest absolute Gasteiger partial charge is 0.376 e. The molecule has 2 fully saturated rings. The lowest BCUT2D eigenvalue weighted by atomic mass is 10.2. The molecule has 2 aromatic rings. The third-order valence-electron chi connectivity index (χ3n) is 4.50. The lowest BCUT2D eigenvalue weighted by molar-refractivity contribution is -0.0589. The molecule has 2 aliphatic heterocycles. The Morgan fingerprint density at radius 3 is 2.83 bits per heavy atom. The number of anilines is 1. The standard InChI is InChI=1S/C15H18ClN3O3S/c16-9-15-17-13-8-11(19-5-1-7-23(19,20)21)2-3-14(13)18(15)10-12-4-6-22-12/h2-3,8,12H,1,4-7,9-10H2. The van der Waals surface area contributed by atoms with Gasteiger partial charge in [0.2, 0.25) is 10.0 Å². The Kier molecular flexibility index (Phi) is 3.74. The van der Waals surface area contributed by atoms with Crippen molar-refractivity contribution in [1.29, 1.82) is 0 Å². The number of halogens is 1. The van der Waals surface area contributed by atoms with Crippen LogP contribution < -0.4 is 4.31 Å². The van der Waals surface area contributed by atoms with Crippen LogP contribution in [0.1, 0.15) is 18.7 Å². The monoisotopic (exact) mass is 355 g/mol. The van der Waals surface area contributed by atoms with Crippen LogP contribution in [0.3, 0.4) is 0 Å². The number of hydrogen-bond donors (Lipinski definition) is 0. The number of nitrogens with zero attached hydrogens (tertiary/aromatic N) is 3. The van der Waals surface area contributed by atoms with Gasteiger partial charge in [-0.05, 0) is 31.0 Å². The molecule has 0 spiro atoms. The molecule has 0 amide bonds. The molecule has 1 unspecified atom stereocenters. The molecule has 8 heteroatoms. The van der Waals surface area contributed by atoms with Crippen molar-refractivity contribution >= 4 is 38.3 Å². The summed E-state index contributed by atoms with van der Waals surface area (Å²) in [7, 11) is -3.18. The lowest BCUT2D eigenvalue weighted by Crippen LogP contribution is -2.31. The third-order valence-corrected chi connectivity index (χ3v) is 6.61. The summed E-state index contributed by atoms with van der Waals surface area (Å²) in [4.78, 5) is 4.58. The zero-order chi connectivity index (χ0) is 16.0. The van der Waals surface area contributed by atoms with E-state index >= 15 is 0 Å². The molecule has 0 N–H and O–H groups in total. The number of sulfonamides is 1. The first-order valence-corrected chi connectivity index (χ1v) is 9.90. The van der Waals surface area contributed by atoms with Crippen LogP contribution in [0.15, 0.2) is 18.2 Å². The van der Waals surface area contributed by atoms with Crippen molar-refractivity contribution in [3.63, 3.8) is 0 Å². The predicted octanol–water partition coefficient (Wildman–Crippen LogP) is 2.10. The molecule has 2 saturated heterocycles. The molecule has 1 atom stereocenters. The van der Waals surface area contributed by atoms with E-state index in [-0.39, 0.29) is 11.9 Å². The molecule has 0 bridgehead atoms. The van der Waals surface area contributed by atoms with Gasteiger partial charge in [0.1, 0.15) is 5.82 Å². The zero-order valence-corrected chi connectivity index (χ0v) is 14.2. The van der Waals surface area contributed by atoms with Gasteiger partial charge in [0, 0.05) is 13.2 Å². The molecular formula is C15H18ClN3O3S. The second kappa shape index (κ2) is 5.65. The highest BCUT2D eigenvalue weighted by atomic mass is 35.5. The number of imidazole rings is 1. The summed E-state index contributed by atoms with van der Waals surface area (Å²) in [5.41, 5.74) is 2.43. The second-order valence-electron chi connectivity index (χ2n) is 5.97. The maximum Gasteiger partial charge on any atom is 0.235 e. The third kappa shape index (κ3) is 2.60. The van der Waals surface area contributed by atoms with Crippen LogP contribution in [0.25, 0.3) is 11.0 Å². The Morgan fingerprint density at radius 1 is 1.39 bits per heavy atom. The summed E-state index contributed by atoms with van der Waals surface area (Å²) >= 11 is 6.03. The van der Waals surface area contributed by atoms with Crippen LogP contribution in [0.4, 0.5) is 5.69 Å². The number of benzene rings is 1. The van der Waals surface area contributed by atoms with Crippen LogP contribution in [0.2, 0.25) is 0 Å². The minimum Gasteiger partial charge on any atom is -0.376 e. The molecule has 0 saturated carbocycles. The summed E-state index contributed by atoms with van der Waals surface area (Å²) in [6, 6.07) is 5.62. The minimum atomic E-state index is -3.18. The van der Waals surface area contributed by atoms with E-state index in [1.165, 1.54) is 4.31 Å². The summed E-state index contributed by atoms with van der Waals surface area (Å²) in [6.07, 6.45) is 1.93. The molecule has 1 aromatic heterocycles. The van der Waals surface area contributed by atoms with Crippen molar-refractivity contribution in [3.05, 3.63) is 24.0 Å². The van der Waals surface area contributed by atoms with E-state index in [4.69, 9.17) is 16.3 Å². The summed E-state index contributed by atoms with van der Waals surface area (Å²) < 4.78 is 33.2. The Labute approximate surface area is 140 Å². The van der Waals surface area contributed by atoms with E-state index in [0.29, 0.717) is 24.5 Å². The van der Waals surface area contributed by atoms with Gasteiger partial charge in [-0.25, -0.2) is 13.4 Å². The van der Waals surface area contributed by atoms with E-state index in [1.54, 1.807) is 0 Å². The first kappa shape index (κ1) is 15.2. The number of alkyl halides is 1. The Bertz CT molecular complexity index is 845. The molecule has 6 nitrogen and oxygen atoms in total. The van der Waals surface area contributed by atoms with Crippen molar-refractivity contribution in [1.82, 2.24) is 9.55 Å². The van der Waals surface area contributed by atoms with Crippen molar-refractivity contribution in [2.45, 2.75) is 31.4 Å². The predicted molar refractivity (Wildman–Crippen MR) is 89.4 cm³/mol. The lowest BCUT2D eigenvalue weighted by Gasteiger charge is -2.27. The quantitative estimate of drug-likeness (QED) is 0.788. The normalized spacial score (nSPS) is 23.3. The highest BCUT2D eigenvalue weighted by Crippen LogP contribution is 2.29. The van der Waals surface area contributed by atoms with Gasteiger partial charge in [0.15, 0.2) is 0 Å². The van der Waals surface area contributed by atoms with Gasteiger partial charge in [-0.15, -0.1) is 11.6 Å². The van der Waals surface area contributed by atoms with Gasteiger partial charge in [-0.3, -0.25) is 4.31 Å². The molecule has 124 valence electrons. The highest BCUT2D eigenvalue weighted by molar-refractivity contribution is 7.93. The fraction of sp³-hybridized carbons (Fsp3) is 0.533. The van der Waals surface area contributed by atoms with E-state index in [9.17, 15) is 8.42 Å². The molecule has 0 radical (unpaired) electrons. The molecule has 4 rings (SSSR count). The molecule has 1 aromatic carbocycles. The van der Waals surface area contributed by atoms with Gasteiger partial charge in [0.05, 0.1) is 41.0 Å². The fourth-order valence-corrected chi connectivity index (χ4v) is 4.95. The zero-order valence-electron chi connectivity index (χ0n) is 12.6. The van der Waals surface area contributed by atoms with E-state index in [1.807, 2.05) is 18.2 Å². The number of aromatic nitrogens is 2. The molecule has 0 aliphatic carbocycles. The van der Waals surface area contributed by atoms with E-state index in [2.05, 4.69) is 9.55 Å². The van der Waals surface area contributed by atoms with Crippen LogP contribution in [-0.4, -0.2) is 43.0 Å². The summed E-state index contributed by atoms with van der Waals surface area (Å²) in [5.74, 6) is 1.32. The SMILES string of the molecule is O=S1(=O)CCCN1c1ccc2c(c1)nc(CCl)n2CC1CCO1. The van der Waals surface area contributed by atoms with Crippen molar-refractivity contribution < 1.29 is 13.2 Å². The van der Waals surface area contributed by atoms with Gasteiger partial charge < -0.3 is 9.30 Å². The highest BCUT2D eigenvalue weighted by Gasteiger charge is 2.29. The van der Waals surface area contributed by atoms with Crippen molar-refractivity contribution in [2.75, 3.05) is 23.2 Å². The first-order valence-electron chi connectivity index (χ1n) is 7.75. The number of ether oxygens (including phenoxy) is 1. The smallest absolute Gasteiger partial charge is 0.235 e. The van der Waals surface area contributed by atoms with Crippen molar-refractivity contribution in [2.24, 2.45) is 0 Å². The summed E-state index contributed by atoms with van der Waals surface area (Å²) in [5, 5.41) is 0. The maximum absolute atomic E-state index is 12.1. The van der Waals surface area contributed by atoms with Crippen LogP contribution in [0.5, 0.6) is 0 Å². The van der Waals surface area contributed by atoms with Gasteiger partial charge in [-0.1, -0.05) is 0 Å². The average Bonchev–Trinajstić information content (AvgIpc) is 3.01. The van der Waals surface area contributed by atoms with Crippen LogP contribution >= 0.6 is 11.6 Å². The van der Waals surface area contributed by atoms with E-state index in [0.717, 1.165) is 36.4 Å². The van der Waals surface area contributed by atoms with Crippen LogP contribution in [0, 0.1) is 0 Å². The summed E-state index contributed by atoms with van der Waals surface area (Å²) in [6.45, 7) is 2.08. The molecule has 2 aliphatic rings. The van der Waals surface area contributed by atoms with Crippen molar-refractivity contribution in [3.8, 4) is 0 Å².